The fourth-order valence-electron chi connectivity index (χ4n) is 2.00. The molecule has 142 valence electrons. The normalized spacial score (nSPS) is 11.4. The number of alkyl halides is 3. The van der Waals surface area contributed by atoms with Crippen molar-refractivity contribution in [3.8, 4) is 0 Å². The highest BCUT2D eigenvalue weighted by Crippen LogP contribution is 2.29. The van der Waals surface area contributed by atoms with E-state index in [2.05, 4.69) is 46.6 Å². The molecule has 0 unspecified atom stereocenters. The maximum Gasteiger partial charge on any atom is 0.433 e. The van der Waals surface area contributed by atoms with Crippen LogP contribution in [0.1, 0.15) is 21.9 Å². The second-order valence-electron chi connectivity index (χ2n) is 5.22. The van der Waals surface area contributed by atoms with Gasteiger partial charge in [0.1, 0.15) is 11.5 Å². The molecule has 27 heavy (non-hydrogen) atoms. The van der Waals surface area contributed by atoms with Gasteiger partial charge < -0.3 is 5.32 Å². The van der Waals surface area contributed by atoms with Gasteiger partial charge in [0, 0.05) is 7.05 Å². The van der Waals surface area contributed by atoms with Crippen molar-refractivity contribution in [1.82, 2.24) is 45.4 Å². The van der Waals surface area contributed by atoms with Crippen LogP contribution in [-0.2, 0) is 26.8 Å². The third kappa shape index (κ3) is 4.13. The smallest absolute Gasteiger partial charge is 0.362 e. The summed E-state index contributed by atoms with van der Waals surface area (Å²) in [6.45, 7) is -0.0893. The summed E-state index contributed by atoms with van der Waals surface area (Å²) in [5, 5.41) is 26.7. The third-order valence-corrected chi connectivity index (χ3v) is 3.24. The molecule has 3 aromatic rings. The average molecular weight is 383 g/mol. The molecule has 3 aromatic heterocycles. The van der Waals surface area contributed by atoms with E-state index in [0.717, 1.165) is 6.07 Å². The van der Waals surface area contributed by atoms with Gasteiger partial charge in [0.2, 0.25) is 5.95 Å². The third-order valence-electron chi connectivity index (χ3n) is 3.24. The molecular formula is C12H12F3N11O. The van der Waals surface area contributed by atoms with Gasteiger partial charge in [0.15, 0.2) is 5.82 Å². The van der Waals surface area contributed by atoms with E-state index in [-0.39, 0.29) is 29.7 Å². The molecule has 0 atom stereocenters. The second kappa shape index (κ2) is 6.93. The lowest BCUT2D eigenvalue weighted by molar-refractivity contribution is -0.141. The molecule has 0 spiro atoms. The number of amides is 1. The van der Waals surface area contributed by atoms with E-state index in [1.807, 2.05) is 0 Å². The molecule has 3 rings (SSSR count). The number of pyridine rings is 1. The van der Waals surface area contributed by atoms with Crippen molar-refractivity contribution in [2.45, 2.75) is 12.7 Å². The number of hydrogen-bond acceptors (Lipinski definition) is 9. The number of halogens is 3. The first-order chi connectivity index (χ1) is 12.7. The molecule has 0 fully saturated rings. The fourth-order valence-corrected chi connectivity index (χ4v) is 2.00. The Labute approximate surface area is 148 Å². The Balaban J connectivity index is 1.89. The number of carbonyl (C=O) groups is 1. The molecule has 0 aromatic carbocycles. The molecule has 0 saturated heterocycles. The molecule has 0 radical (unpaired) electrons. The molecular weight excluding hydrogens is 371 g/mol. The number of rotatable bonds is 5. The predicted molar refractivity (Wildman–Crippen MR) is 82.1 cm³/mol. The van der Waals surface area contributed by atoms with Gasteiger partial charge in [-0.2, -0.15) is 18.0 Å². The Kier molecular flexibility index (Phi) is 4.66. The quantitative estimate of drug-likeness (QED) is 0.623. The van der Waals surface area contributed by atoms with Crippen LogP contribution >= 0.6 is 0 Å². The van der Waals surface area contributed by atoms with Crippen LogP contribution in [0.2, 0.25) is 0 Å². The first-order valence-electron chi connectivity index (χ1n) is 7.32. The summed E-state index contributed by atoms with van der Waals surface area (Å²) in [5.41, 5.74) is -1.30. The van der Waals surface area contributed by atoms with Gasteiger partial charge in [-0.3, -0.25) is 10.1 Å². The van der Waals surface area contributed by atoms with Crippen LogP contribution < -0.4 is 10.6 Å². The highest BCUT2D eigenvalue weighted by atomic mass is 19.4. The number of hydrogen-bond donors (Lipinski definition) is 2. The Morgan fingerprint density at radius 2 is 1.96 bits per heavy atom. The van der Waals surface area contributed by atoms with Gasteiger partial charge >= 0.3 is 6.18 Å². The van der Waals surface area contributed by atoms with Crippen molar-refractivity contribution in [2.75, 3.05) is 10.6 Å². The first-order valence-corrected chi connectivity index (χ1v) is 7.32. The zero-order valence-electron chi connectivity index (χ0n) is 13.9. The van der Waals surface area contributed by atoms with Gasteiger partial charge in [0.05, 0.1) is 19.2 Å². The summed E-state index contributed by atoms with van der Waals surface area (Å²) in [7, 11) is 3.02. The lowest BCUT2D eigenvalue weighted by Gasteiger charge is -2.13. The summed E-state index contributed by atoms with van der Waals surface area (Å²) >= 11 is 0. The van der Waals surface area contributed by atoms with Crippen LogP contribution in [0.25, 0.3) is 0 Å². The minimum absolute atomic E-state index is 0.0152. The second-order valence-corrected chi connectivity index (χ2v) is 5.22. The van der Waals surface area contributed by atoms with Gasteiger partial charge in [-0.25, -0.2) is 9.67 Å². The van der Waals surface area contributed by atoms with E-state index < -0.39 is 17.8 Å². The molecule has 15 heteroatoms. The van der Waals surface area contributed by atoms with Crippen molar-refractivity contribution in [3.63, 3.8) is 0 Å². The number of nitrogens with one attached hydrogen (secondary N) is 2. The van der Waals surface area contributed by atoms with E-state index >= 15 is 0 Å². The van der Waals surface area contributed by atoms with E-state index in [0.29, 0.717) is 6.07 Å². The Bertz CT molecular complexity index is 964. The number of nitrogens with zero attached hydrogens (tertiary/aromatic N) is 9. The largest absolute Gasteiger partial charge is 0.433 e. The zero-order valence-corrected chi connectivity index (χ0v) is 13.9. The molecule has 0 aliphatic rings. The average Bonchev–Trinajstić information content (AvgIpc) is 3.20. The van der Waals surface area contributed by atoms with Crippen molar-refractivity contribution in [3.05, 3.63) is 29.2 Å². The van der Waals surface area contributed by atoms with Crippen LogP contribution in [0.4, 0.5) is 24.9 Å². The van der Waals surface area contributed by atoms with Crippen LogP contribution in [0.3, 0.4) is 0 Å². The van der Waals surface area contributed by atoms with E-state index in [9.17, 15) is 18.0 Å². The van der Waals surface area contributed by atoms with Gasteiger partial charge in [-0.15, -0.1) is 10.2 Å². The Hall–Kier alpha value is -3.65. The minimum Gasteiger partial charge on any atom is -0.362 e. The number of anilines is 2. The maximum absolute atomic E-state index is 13.0. The molecule has 1 amide bonds. The Morgan fingerprint density at radius 3 is 2.56 bits per heavy atom. The standard InChI is InChI=1S/C12H12F3N11O/c1-25-11(20-22-24-25)18-10(27)6-3-4-7(12(13,14)15)17-9(6)16-5-8-19-23-26(2)21-8/h3-4H,5H2,1-2H3,(H,16,17)(H,18,20,24,27). The summed E-state index contributed by atoms with van der Waals surface area (Å²) in [5.74, 6) is -0.823. The van der Waals surface area contributed by atoms with Gasteiger partial charge in [0.25, 0.3) is 5.91 Å². The number of carbonyl (C=O) groups excluding carboxylic acids is 1. The van der Waals surface area contributed by atoms with E-state index in [1.54, 1.807) is 0 Å². The van der Waals surface area contributed by atoms with Gasteiger partial charge in [-0.1, -0.05) is 5.10 Å². The molecule has 0 saturated carbocycles. The SMILES string of the molecule is Cn1nnc(CNc2nc(C(F)(F)F)ccc2C(=O)Nc2nnnn2C)n1. The van der Waals surface area contributed by atoms with Crippen LogP contribution in [0.15, 0.2) is 12.1 Å². The summed E-state index contributed by atoms with van der Waals surface area (Å²) in [4.78, 5) is 17.1. The molecule has 12 nitrogen and oxygen atoms in total. The highest BCUT2D eigenvalue weighted by molar-refractivity contribution is 6.06. The van der Waals surface area contributed by atoms with E-state index in [4.69, 9.17) is 0 Å². The van der Waals surface area contributed by atoms with Crippen molar-refractivity contribution >= 4 is 17.7 Å². The first kappa shape index (κ1) is 18.2. The van der Waals surface area contributed by atoms with E-state index in [1.165, 1.54) is 23.6 Å². The highest BCUT2D eigenvalue weighted by Gasteiger charge is 2.33. The topological polar surface area (TPSA) is 141 Å². The summed E-state index contributed by atoms with van der Waals surface area (Å²) in [6, 6.07) is 1.71. The molecule has 0 bridgehead atoms. The summed E-state index contributed by atoms with van der Waals surface area (Å²) in [6.07, 6.45) is -4.68. The minimum atomic E-state index is -4.68. The van der Waals surface area contributed by atoms with Crippen LogP contribution in [-0.4, -0.2) is 51.3 Å². The van der Waals surface area contributed by atoms with Crippen molar-refractivity contribution < 1.29 is 18.0 Å². The monoisotopic (exact) mass is 383 g/mol. The Morgan fingerprint density at radius 1 is 1.19 bits per heavy atom. The number of aromatic nitrogens is 9. The van der Waals surface area contributed by atoms with Crippen LogP contribution in [0.5, 0.6) is 0 Å². The molecule has 0 aliphatic carbocycles. The maximum atomic E-state index is 13.0. The predicted octanol–water partition coefficient (Wildman–Crippen LogP) is 0.0118. The lowest BCUT2D eigenvalue weighted by Crippen LogP contribution is -2.20. The van der Waals surface area contributed by atoms with Crippen LogP contribution in [0, 0.1) is 0 Å². The zero-order chi connectivity index (χ0) is 19.6. The fraction of sp³-hybridized carbons (Fsp3) is 0.333. The molecule has 3 heterocycles. The molecule has 0 aliphatic heterocycles. The number of aryl methyl sites for hydroxylation is 2. The van der Waals surface area contributed by atoms with Gasteiger partial charge in [-0.05, 0) is 27.8 Å². The summed E-state index contributed by atoms with van der Waals surface area (Å²) < 4.78 is 40.1. The lowest BCUT2D eigenvalue weighted by atomic mass is 10.2. The molecule has 2 N–H and O–H groups in total. The number of tetrazole rings is 2. The van der Waals surface area contributed by atoms with Crippen molar-refractivity contribution in [2.24, 2.45) is 14.1 Å². The van der Waals surface area contributed by atoms with Crippen molar-refractivity contribution in [1.29, 1.82) is 0 Å².